The Hall–Kier alpha value is -5.32. The number of hydrogen-bond donors (Lipinski definition) is 0. The molecule has 0 N–H and O–H groups in total. The zero-order chi connectivity index (χ0) is 24.2. The summed E-state index contributed by atoms with van der Waals surface area (Å²) in [7, 11) is 0. The number of benzene rings is 5. The summed E-state index contributed by atoms with van der Waals surface area (Å²) >= 11 is 0. The van der Waals surface area contributed by atoms with Crippen molar-refractivity contribution in [1.29, 1.82) is 10.5 Å². The molecule has 166 valence electrons. The third kappa shape index (κ3) is 2.73. The number of aromatic nitrogens is 2. The first-order valence-corrected chi connectivity index (χ1v) is 11.7. The first kappa shape index (κ1) is 20.1. The molecular weight excluding hydrogens is 440 g/mol. The van der Waals surface area contributed by atoms with Crippen molar-refractivity contribution in [3.8, 4) is 23.5 Å². The van der Waals surface area contributed by atoms with Gasteiger partial charge in [0.2, 0.25) is 0 Å². The first-order chi connectivity index (χ1) is 17.8. The second kappa shape index (κ2) is 7.60. The second-order valence-electron chi connectivity index (χ2n) is 8.88. The third-order valence-corrected chi connectivity index (χ3v) is 6.98. The number of rotatable bonds is 2. The van der Waals surface area contributed by atoms with Gasteiger partial charge in [-0.05, 0) is 60.7 Å². The molecule has 0 saturated carbocycles. The maximum atomic E-state index is 9.34. The van der Waals surface area contributed by atoms with E-state index in [1.54, 1.807) is 0 Å². The summed E-state index contributed by atoms with van der Waals surface area (Å²) in [4.78, 5) is 0. The Bertz CT molecular complexity index is 1890. The van der Waals surface area contributed by atoms with E-state index >= 15 is 0 Å². The zero-order valence-electron chi connectivity index (χ0n) is 19.2. The normalized spacial score (nSPS) is 11.3. The topological polar surface area (TPSA) is 57.4 Å². The number of hydrogen-bond acceptors (Lipinski definition) is 2. The molecule has 5 aromatic carbocycles. The van der Waals surface area contributed by atoms with Crippen molar-refractivity contribution < 1.29 is 0 Å². The van der Waals surface area contributed by atoms with Crippen molar-refractivity contribution in [2.75, 3.05) is 0 Å². The first-order valence-electron chi connectivity index (χ1n) is 11.7. The predicted octanol–water partition coefficient (Wildman–Crippen LogP) is 7.62. The Morgan fingerprint density at radius 2 is 0.806 bits per heavy atom. The summed E-state index contributed by atoms with van der Waals surface area (Å²) in [6.45, 7) is 0. The van der Waals surface area contributed by atoms with Crippen LogP contribution in [0.2, 0.25) is 0 Å². The molecule has 0 amide bonds. The lowest BCUT2D eigenvalue weighted by Crippen LogP contribution is -1.98. The Labute approximate surface area is 207 Å². The van der Waals surface area contributed by atoms with Crippen molar-refractivity contribution in [2.24, 2.45) is 0 Å². The summed E-state index contributed by atoms with van der Waals surface area (Å²) in [6.07, 6.45) is 0. The fourth-order valence-corrected chi connectivity index (χ4v) is 5.41. The number of nitrogens with zero attached hydrogens (tertiary/aromatic N) is 4. The van der Waals surface area contributed by atoms with E-state index in [2.05, 4.69) is 81.9 Å². The predicted molar refractivity (Wildman–Crippen MR) is 145 cm³/mol. The average molecular weight is 459 g/mol. The van der Waals surface area contributed by atoms with Crippen LogP contribution in [0.3, 0.4) is 0 Å². The Balaban J connectivity index is 1.72. The van der Waals surface area contributed by atoms with Crippen LogP contribution in [0, 0.1) is 22.7 Å². The van der Waals surface area contributed by atoms with Gasteiger partial charge in [-0.15, -0.1) is 0 Å². The number of nitriles is 2. The van der Waals surface area contributed by atoms with Gasteiger partial charge in [0.1, 0.15) is 0 Å². The average Bonchev–Trinajstić information content (AvgIpc) is 3.46. The van der Waals surface area contributed by atoms with Gasteiger partial charge in [0.15, 0.2) is 0 Å². The quantitative estimate of drug-likeness (QED) is 0.267. The highest BCUT2D eigenvalue weighted by molar-refractivity contribution is 6.23. The highest BCUT2D eigenvalue weighted by Crippen LogP contribution is 2.41. The molecule has 0 fully saturated rings. The van der Waals surface area contributed by atoms with Crippen molar-refractivity contribution in [3.63, 3.8) is 0 Å². The highest BCUT2D eigenvalue weighted by atomic mass is 15.0. The summed E-state index contributed by atoms with van der Waals surface area (Å²) < 4.78 is 4.60. The highest BCUT2D eigenvalue weighted by Gasteiger charge is 2.20. The van der Waals surface area contributed by atoms with Crippen molar-refractivity contribution in [1.82, 2.24) is 9.13 Å². The smallest absolute Gasteiger partial charge is 0.0991 e. The van der Waals surface area contributed by atoms with Gasteiger partial charge in [0.05, 0.1) is 45.3 Å². The van der Waals surface area contributed by atoms with E-state index in [4.69, 9.17) is 0 Å². The molecule has 4 heteroatoms. The summed E-state index contributed by atoms with van der Waals surface area (Å²) in [5.41, 5.74) is 7.72. The van der Waals surface area contributed by atoms with Crippen LogP contribution in [-0.4, -0.2) is 9.13 Å². The molecule has 0 aliphatic carbocycles. The monoisotopic (exact) mass is 458 g/mol. The Kier molecular flexibility index (Phi) is 4.24. The number of para-hydroxylation sites is 2. The molecule has 0 radical (unpaired) electrons. The van der Waals surface area contributed by atoms with Gasteiger partial charge >= 0.3 is 0 Å². The van der Waals surface area contributed by atoms with Gasteiger partial charge in [-0.3, -0.25) is 0 Å². The molecule has 4 nitrogen and oxygen atoms in total. The van der Waals surface area contributed by atoms with Gasteiger partial charge in [-0.25, -0.2) is 0 Å². The van der Waals surface area contributed by atoms with Gasteiger partial charge in [-0.1, -0.05) is 48.5 Å². The largest absolute Gasteiger partial charge is 0.307 e. The molecule has 0 bridgehead atoms. The van der Waals surface area contributed by atoms with E-state index in [9.17, 15) is 10.5 Å². The molecule has 0 spiro atoms. The summed E-state index contributed by atoms with van der Waals surface area (Å²) in [5.74, 6) is 0. The Morgan fingerprint density at radius 1 is 0.417 bits per heavy atom. The number of fused-ring (bicyclic) bond motifs is 7. The van der Waals surface area contributed by atoms with Crippen LogP contribution in [0.5, 0.6) is 0 Å². The molecule has 0 unspecified atom stereocenters. The minimum atomic E-state index is 0.636. The van der Waals surface area contributed by atoms with E-state index in [0.29, 0.717) is 11.1 Å². The maximum Gasteiger partial charge on any atom is 0.0991 e. The van der Waals surface area contributed by atoms with Crippen LogP contribution in [0.25, 0.3) is 55.0 Å². The lowest BCUT2D eigenvalue weighted by molar-refractivity contribution is 1.15. The van der Waals surface area contributed by atoms with Crippen LogP contribution in [0.1, 0.15) is 11.1 Å². The van der Waals surface area contributed by atoms with Crippen molar-refractivity contribution in [3.05, 3.63) is 120 Å². The van der Waals surface area contributed by atoms with Gasteiger partial charge < -0.3 is 9.13 Å². The minimum Gasteiger partial charge on any atom is -0.307 e. The van der Waals surface area contributed by atoms with E-state index in [0.717, 1.165) is 33.4 Å². The van der Waals surface area contributed by atoms with E-state index in [1.807, 2.05) is 48.5 Å². The molecule has 0 aliphatic heterocycles. The fourth-order valence-electron chi connectivity index (χ4n) is 5.41. The second-order valence-corrected chi connectivity index (χ2v) is 8.88. The molecule has 0 atom stereocenters. The SMILES string of the molecule is N#Cc1ccc(-n2c3ccccc3c3ccc4c5ccccc5n(-c5ccc(C#N)cc5)c4c32)cc1. The van der Waals surface area contributed by atoms with Crippen LogP contribution in [0.15, 0.2) is 109 Å². The van der Waals surface area contributed by atoms with Crippen molar-refractivity contribution >= 4 is 43.6 Å². The zero-order valence-corrected chi connectivity index (χ0v) is 19.2. The standard InChI is InChI=1S/C32H18N4/c33-19-21-9-13-23(14-10-21)35-29-7-3-1-5-25(29)27-17-18-28-26-6-2-4-8-30(26)36(32(28)31(27)35)24-15-11-22(20-34)12-16-24/h1-18H. The minimum absolute atomic E-state index is 0.636. The third-order valence-electron chi connectivity index (χ3n) is 6.98. The molecular formula is C32H18N4. The summed E-state index contributed by atoms with van der Waals surface area (Å²) in [6, 6.07) is 41.3. The fraction of sp³-hybridized carbons (Fsp3) is 0. The van der Waals surface area contributed by atoms with Crippen LogP contribution in [0.4, 0.5) is 0 Å². The lowest BCUT2D eigenvalue weighted by Gasteiger charge is -2.12. The molecule has 2 aromatic heterocycles. The Morgan fingerprint density at radius 3 is 1.19 bits per heavy atom. The van der Waals surface area contributed by atoms with Crippen LogP contribution < -0.4 is 0 Å². The summed E-state index contributed by atoms with van der Waals surface area (Å²) in [5, 5.41) is 23.4. The molecule has 0 aliphatic rings. The lowest BCUT2D eigenvalue weighted by atomic mass is 10.1. The van der Waals surface area contributed by atoms with Gasteiger partial charge in [-0.2, -0.15) is 10.5 Å². The maximum absolute atomic E-state index is 9.34. The molecule has 2 heterocycles. The van der Waals surface area contributed by atoms with E-state index in [1.165, 1.54) is 21.5 Å². The van der Waals surface area contributed by atoms with E-state index in [-0.39, 0.29) is 0 Å². The molecule has 7 rings (SSSR count). The van der Waals surface area contributed by atoms with Gasteiger partial charge in [0, 0.05) is 32.9 Å². The van der Waals surface area contributed by atoms with Crippen molar-refractivity contribution in [2.45, 2.75) is 0 Å². The van der Waals surface area contributed by atoms with Crippen LogP contribution >= 0.6 is 0 Å². The molecule has 36 heavy (non-hydrogen) atoms. The molecule has 7 aromatic rings. The van der Waals surface area contributed by atoms with Gasteiger partial charge in [0.25, 0.3) is 0 Å². The van der Waals surface area contributed by atoms with Crippen LogP contribution in [-0.2, 0) is 0 Å². The molecule has 0 saturated heterocycles. The van der Waals surface area contributed by atoms with E-state index < -0.39 is 0 Å².